The minimum absolute atomic E-state index is 0.163. The maximum atomic E-state index is 14.7. The summed E-state index contributed by atoms with van der Waals surface area (Å²) in [4.78, 5) is 15.3. The molecule has 2 aromatic carbocycles. The summed E-state index contributed by atoms with van der Waals surface area (Å²) in [5.74, 6) is 4.48. The molecule has 2 heterocycles. The molecule has 158 valence electrons. The number of nitrogens with two attached hydrogens (primary N) is 1. The van der Waals surface area contributed by atoms with Crippen molar-refractivity contribution in [3.8, 4) is 5.69 Å². The minimum Gasteiger partial charge on any atom is -0.368 e. The van der Waals surface area contributed by atoms with Crippen molar-refractivity contribution in [3.63, 3.8) is 0 Å². The number of rotatable bonds is 3. The van der Waals surface area contributed by atoms with Gasteiger partial charge in [-0.15, -0.1) is 0 Å². The highest BCUT2D eigenvalue weighted by atomic mass is 19.1. The number of nitrogens with zero attached hydrogens (tertiary/aromatic N) is 2. The highest BCUT2D eigenvalue weighted by Crippen LogP contribution is 2.35. The lowest BCUT2D eigenvalue weighted by atomic mass is 10.0. The number of hydrogen-bond acceptors (Lipinski definition) is 5. The van der Waals surface area contributed by atoms with Gasteiger partial charge in [0.2, 0.25) is 0 Å². The van der Waals surface area contributed by atoms with Crippen LogP contribution in [0.15, 0.2) is 35.3 Å². The zero-order chi connectivity index (χ0) is 21.6. The maximum Gasteiger partial charge on any atom is 0.194 e. The smallest absolute Gasteiger partial charge is 0.194 e. The number of aromatic nitrogens is 1. The van der Waals surface area contributed by atoms with Crippen LogP contribution in [0.1, 0.15) is 18.1 Å². The number of aryl methyl sites for hydroxylation is 1. The molecule has 1 aliphatic heterocycles. The number of nitrogens with one attached hydrogen (secondary N) is 2. The van der Waals surface area contributed by atoms with Crippen molar-refractivity contribution in [1.82, 2.24) is 9.88 Å². The van der Waals surface area contributed by atoms with Gasteiger partial charge in [-0.05, 0) is 44.5 Å². The first-order chi connectivity index (χ1) is 14.3. The predicted octanol–water partition coefficient (Wildman–Crippen LogP) is 2.97. The van der Waals surface area contributed by atoms with E-state index in [1.54, 1.807) is 17.7 Å². The van der Waals surface area contributed by atoms with E-state index in [0.717, 1.165) is 37.0 Å². The largest absolute Gasteiger partial charge is 0.368 e. The molecule has 1 saturated heterocycles. The SMILES string of the molecule is Cc1c(N2CCNC(C)C2)cc2c(c1NN)c(=O)c(C)cn2-c1ccc(F)cc1F. The second-order valence-corrected chi connectivity index (χ2v) is 7.84. The molecule has 30 heavy (non-hydrogen) atoms. The van der Waals surface area contributed by atoms with Crippen LogP contribution in [-0.4, -0.2) is 30.2 Å². The number of fused-ring (bicyclic) bond motifs is 1. The minimum atomic E-state index is -0.709. The van der Waals surface area contributed by atoms with Crippen molar-refractivity contribution in [3.05, 3.63) is 63.4 Å². The molecule has 8 heteroatoms. The normalized spacial score (nSPS) is 16.9. The number of hydrazine groups is 1. The van der Waals surface area contributed by atoms with Gasteiger partial charge in [0.25, 0.3) is 0 Å². The van der Waals surface area contributed by atoms with Gasteiger partial charge in [0.05, 0.1) is 22.3 Å². The van der Waals surface area contributed by atoms with E-state index in [1.807, 2.05) is 13.0 Å². The van der Waals surface area contributed by atoms with Crippen molar-refractivity contribution < 1.29 is 8.78 Å². The third kappa shape index (κ3) is 3.32. The molecule has 1 unspecified atom stereocenters. The number of halogens is 2. The molecule has 1 aromatic heterocycles. The first-order valence-electron chi connectivity index (χ1n) is 9.91. The molecule has 6 nitrogen and oxygen atoms in total. The fourth-order valence-electron chi connectivity index (χ4n) is 4.23. The van der Waals surface area contributed by atoms with E-state index in [2.05, 4.69) is 22.6 Å². The zero-order valence-corrected chi connectivity index (χ0v) is 17.2. The van der Waals surface area contributed by atoms with Gasteiger partial charge in [-0.3, -0.25) is 10.6 Å². The van der Waals surface area contributed by atoms with Gasteiger partial charge in [-0.25, -0.2) is 8.78 Å². The van der Waals surface area contributed by atoms with E-state index >= 15 is 0 Å². The van der Waals surface area contributed by atoms with Crippen LogP contribution in [0.3, 0.4) is 0 Å². The van der Waals surface area contributed by atoms with E-state index in [-0.39, 0.29) is 11.1 Å². The second-order valence-electron chi connectivity index (χ2n) is 7.84. The molecule has 1 aliphatic rings. The van der Waals surface area contributed by atoms with Crippen LogP contribution in [0.5, 0.6) is 0 Å². The first kappa shape index (κ1) is 20.3. The summed E-state index contributed by atoms with van der Waals surface area (Å²) < 4.78 is 29.8. The Morgan fingerprint density at radius 2 is 1.97 bits per heavy atom. The molecule has 4 N–H and O–H groups in total. The molecule has 0 saturated carbocycles. The summed E-state index contributed by atoms with van der Waals surface area (Å²) in [5.41, 5.74) is 5.91. The first-order valence-corrected chi connectivity index (χ1v) is 9.91. The molecule has 0 aliphatic carbocycles. The maximum absolute atomic E-state index is 14.7. The van der Waals surface area contributed by atoms with Gasteiger partial charge < -0.3 is 20.2 Å². The summed E-state index contributed by atoms with van der Waals surface area (Å²) in [6, 6.07) is 5.61. The van der Waals surface area contributed by atoms with Gasteiger partial charge in [0.15, 0.2) is 5.43 Å². The van der Waals surface area contributed by atoms with Crippen LogP contribution in [0.2, 0.25) is 0 Å². The number of nitrogen functional groups attached to an aromatic ring is 1. The predicted molar refractivity (Wildman–Crippen MR) is 116 cm³/mol. The van der Waals surface area contributed by atoms with E-state index in [4.69, 9.17) is 5.84 Å². The number of pyridine rings is 1. The average Bonchev–Trinajstić information content (AvgIpc) is 2.70. The molecule has 0 bridgehead atoms. The Morgan fingerprint density at radius 1 is 1.20 bits per heavy atom. The van der Waals surface area contributed by atoms with E-state index in [0.29, 0.717) is 28.2 Å². The second kappa shape index (κ2) is 7.70. The third-order valence-corrected chi connectivity index (χ3v) is 5.73. The van der Waals surface area contributed by atoms with Crippen molar-refractivity contribution in [2.45, 2.75) is 26.8 Å². The summed E-state index contributed by atoms with van der Waals surface area (Å²) in [5, 5.41) is 3.79. The molecule has 3 aromatic rings. The van der Waals surface area contributed by atoms with Crippen LogP contribution in [0.25, 0.3) is 16.6 Å². The van der Waals surface area contributed by atoms with Gasteiger partial charge in [0, 0.05) is 49.2 Å². The topological polar surface area (TPSA) is 75.3 Å². The lowest BCUT2D eigenvalue weighted by Gasteiger charge is -2.35. The summed E-state index contributed by atoms with van der Waals surface area (Å²) in [7, 11) is 0. The quantitative estimate of drug-likeness (QED) is 0.455. The standard InChI is InChI=1S/C22H25F2N5O/c1-12-10-29(17-5-4-15(23)8-16(17)24)19-9-18(28-7-6-26-13(2)11-28)14(3)21(27-25)20(19)22(12)30/h4-5,8-10,13,26-27H,6-7,11,25H2,1-3H3. The highest BCUT2D eigenvalue weighted by Gasteiger charge is 2.23. The van der Waals surface area contributed by atoms with Gasteiger partial charge in [-0.1, -0.05) is 0 Å². The van der Waals surface area contributed by atoms with E-state index in [1.165, 1.54) is 12.1 Å². The number of anilines is 2. The van der Waals surface area contributed by atoms with Crippen LogP contribution in [0.4, 0.5) is 20.2 Å². The fraction of sp³-hybridized carbons (Fsp3) is 0.318. The van der Waals surface area contributed by atoms with E-state index in [9.17, 15) is 13.6 Å². The van der Waals surface area contributed by atoms with Crippen molar-refractivity contribution in [2.24, 2.45) is 5.84 Å². The Labute approximate surface area is 173 Å². The summed E-state index contributed by atoms with van der Waals surface area (Å²) in [6.07, 6.45) is 1.58. The third-order valence-electron chi connectivity index (χ3n) is 5.73. The average molecular weight is 413 g/mol. The van der Waals surface area contributed by atoms with Crippen LogP contribution in [0, 0.1) is 25.5 Å². The van der Waals surface area contributed by atoms with Crippen molar-refractivity contribution in [1.29, 1.82) is 0 Å². The van der Waals surface area contributed by atoms with Crippen molar-refractivity contribution >= 4 is 22.3 Å². The zero-order valence-electron chi connectivity index (χ0n) is 17.2. The lowest BCUT2D eigenvalue weighted by Crippen LogP contribution is -2.49. The molecule has 0 amide bonds. The van der Waals surface area contributed by atoms with Crippen LogP contribution >= 0.6 is 0 Å². The number of piperazine rings is 1. The lowest BCUT2D eigenvalue weighted by molar-refractivity contribution is 0.484. The fourth-order valence-corrected chi connectivity index (χ4v) is 4.23. The molecule has 0 radical (unpaired) electrons. The Morgan fingerprint density at radius 3 is 2.63 bits per heavy atom. The molecule has 0 spiro atoms. The van der Waals surface area contributed by atoms with Gasteiger partial charge in [-0.2, -0.15) is 0 Å². The van der Waals surface area contributed by atoms with Gasteiger partial charge >= 0.3 is 0 Å². The van der Waals surface area contributed by atoms with Gasteiger partial charge in [0.1, 0.15) is 11.6 Å². The summed E-state index contributed by atoms with van der Waals surface area (Å²) in [6.45, 7) is 8.11. The van der Waals surface area contributed by atoms with E-state index < -0.39 is 11.6 Å². The highest BCUT2D eigenvalue weighted by molar-refractivity contribution is 5.98. The molecule has 1 fully saturated rings. The monoisotopic (exact) mass is 413 g/mol. The Balaban J connectivity index is 2.07. The summed E-state index contributed by atoms with van der Waals surface area (Å²) >= 11 is 0. The molecule has 1 atom stereocenters. The Hall–Kier alpha value is -2.97. The molecular weight excluding hydrogens is 388 g/mol. The Kier molecular flexibility index (Phi) is 5.21. The molecule has 4 rings (SSSR count). The van der Waals surface area contributed by atoms with Crippen molar-refractivity contribution in [2.75, 3.05) is 30.0 Å². The number of benzene rings is 2. The molecular formula is C22H25F2N5O. The van der Waals surface area contributed by atoms with Crippen LogP contribution < -0.4 is 26.9 Å². The van der Waals surface area contributed by atoms with Crippen LogP contribution in [-0.2, 0) is 0 Å². The Bertz CT molecular complexity index is 1190. The number of hydrogen-bond donors (Lipinski definition) is 3.